The van der Waals surface area contributed by atoms with Gasteiger partial charge in [-0.2, -0.15) is 0 Å². The molecule has 1 aliphatic rings. The molecule has 2 rings (SSSR count). The molecule has 0 amide bonds. The lowest BCUT2D eigenvalue weighted by molar-refractivity contribution is -0.0782. The van der Waals surface area contributed by atoms with Crippen LogP contribution in [-0.4, -0.2) is 22.2 Å². The normalized spacial score (nSPS) is 25.2. The van der Waals surface area contributed by atoms with Gasteiger partial charge in [0.2, 0.25) is 0 Å². The second kappa shape index (κ2) is 5.65. The van der Waals surface area contributed by atoms with Crippen LogP contribution in [0.15, 0.2) is 18.3 Å². The van der Waals surface area contributed by atoms with Crippen LogP contribution < -0.4 is 5.32 Å². The van der Waals surface area contributed by atoms with Crippen molar-refractivity contribution in [3.05, 3.63) is 29.8 Å². The van der Waals surface area contributed by atoms with Crippen molar-refractivity contribution in [1.82, 2.24) is 10.3 Å². The van der Waals surface area contributed by atoms with Crippen LogP contribution in [0.5, 0.6) is 0 Å². The van der Waals surface area contributed by atoms with Gasteiger partial charge in [0, 0.05) is 12.0 Å². The number of nitrogens with zero attached hydrogens (tertiary/aromatic N) is 1. The number of nitrogens with one attached hydrogen (secondary N) is 1. The van der Waals surface area contributed by atoms with E-state index in [1.807, 2.05) is 0 Å². The maximum absolute atomic E-state index is 13.2. The SMILES string of the molecule is CC(C)NC(c1ccc(F)cn1)C1CC(C)(C)OC1(C)C. The molecule has 21 heavy (non-hydrogen) atoms. The molecule has 4 heteroatoms. The van der Waals surface area contributed by atoms with Crippen molar-refractivity contribution in [1.29, 1.82) is 0 Å². The van der Waals surface area contributed by atoms with E-state index >= 15 is 0 Å². The van der Waals surface area contributed by atoms with Gasteiger partial charge in [-0.05, 0) is 46.2 Å². The molecule has 3 nitrogen and oxygen atoms in total. The molecule has 0 aromatic carbocycles. The highest BCUT2D eigenvalue weighted by Gasteiger charge is 2.49. The first-order valence-electron chi connectivity index (χ1n) is 7.68. The Bertz CT molecular complexity index is 482. The third-order valence-corrected chi connectivity index (χ3v) is 4.13. The Morgan fingerprint density at radius 2 is 1.95 bits per heavy atom. The predicted octanol–water partition coefficient (Wildman–Crippen LogP) is 3.85. The summed E-state index contributed by atoms with van der Waals surface area (Å²) in [6.07, 6.45) is 2.24. The summed E-state index contributed by atoms with van der Waals surface area (Å²) in [6.45, 7) is 12.7. The number of pyridine rings is 1. The highest BCUT2D eigenvalue weighted by atomic mass is 19.1. The van der Waals surface area contributed by atoms with Gasteiger partial charge in [0.25, 0.3) is 0 Å². The van der Waals surface area contributed by atoms with E-state index in [1.54, 1.807) is 6.07 Å². The Morgan fingerprint density at radius 1 is 1.29 bits per heavy atom. The number of halogens is 1. The average molecular weight is 294 g/mol. The van der Waals surface area contributed by atoms with Crippen LogP contribution >= 0.6 is 0 Å². The molecule has 0 aliphatic carbocycles. The zero-order valence-electron chi connectivity index (χ0n) is 13.9. The fraction of sp³-hybridized carbons (Fsp3) is 0.706. The van der Waals surface area contributed by atoms with E-state index in [0.29, 0.717) is 6.04 Å². The highest BCUT2D eigenvalue weighted by Crippen LogP contribution is 2.47. The second-order valence-corrected chi connectivity index (χ2v) is 7.48. The number of hydrogen-bond acceptors (Lipinski definition) is 3. The first-order chi connectivity index (χ1) is 9.61. The number of aromatic nitrogens is 1. The Hall–Kier alpha value is -1.00. The summed E-state index contributed by atoms with van der Waals surface area (Å²) < 4.78 is 19.4. The van der Waals surface area contributed by atoms with Crippen LogP contribution in [-0.2, 0) is 4.74 Å². The Morgan fingerprint density at radius 3 is 2.38 bits per heavy atom. The lowest BCUT2D eigenvalue weighted by Gasteiger charge is -2.34. The molecule has 1 saturated heterocycles. The molecule has 1 fully saturated rings. The molecule has 0 spiro atoms. The minimum atomic E-state index is -0.302. The number of hydrogen-bond donors (Lipinski definition) is 1. The molecular formula is C17H27FN2O. The third kappa shape index (κ3) is 3.80. The van der Waals surface area contributed by atoms with E-state index in [4.69, 9.17) is 4.74 Å². The smallest absolute Gasteiger partial charge is 0.141 e. The van der Waals surface area contributed by atoms with E-state index in [-0.39, 0.29) is 29.0 Å². The lowest BCUT2D eigenvalue weighted by Crippen LogP contribution is -2.41. The van der Waals surface area contributed by atoms with Crippen molar-refractivity contribution < 1.29 is 9.13 Å². The van der Waals surface area contributed by atoms with E-state index in [2.05, 4.69) is 51.8 Å². The summed E-state index contributed by atoms with van der Waals surface area (Å²) in [4.78, 5) is 4.30. The summed E-state index contributed by atoms with van der Waals surface area (Å²) >= 11 is 0. The lowest BCUT2D eigenvalue weighted by atomic mass is 9.80. The molecule has 2 heterocycles. The maximum atomic E-state index is 13.2. The molecule has 0 saturated carbocycles. The van der Waals surface area contributed by atoms with Gasteiger partial charge in [-0.25, -0.2) is 4.39 Å². The van der Waals surface area contributed by atoms with Crippen molar-refractivity contribution in [2.75, 3.05) is 0 Å². The monoisotopic (exact) mass is 294 g/mol. The van der Waals surface area contributed by atoms with Gasteiger partial charge in [-0.1, -0.05) is 13.8 Å². The summed E-state index contributed by atoms with van der Waals surface area (Å²) in [7, 11) is 0. The summed E-state index contributed by atoms with van der Waals surface area (Å²) in [6, 6.07) is 3.63. The van der Waals surface area contributed by atoms with Gasteiger partial charge < -0.3 is 10.1 Å². The minimum absolute atomic E-state index is 0.0578. The second-order valence-electron chi connectivity index (χ2n) is 7.48. The molecule has 2 unspecified atom stereocenters. The molecule has 2 atom stereocenters. The van der Waals surface area contributed by atoms with Gasteiger partial charge in [0.15, 0.2) is 0 Å². The average Bonchev–Trinajstić information content (AvgIpc) is 2.55. The molecule has 0 bridgehead atoms. The van der Waals surface area contributed by atoms with Gasteiger partial charge in [0.1, 0.15) is 5.82 Å². The fourth-order valence-corrected chi connectivity index (χ4v) is 3.46. The Labute approximate surface area is 127 Å². The summed E-state index contributed by atoms with van der Waals surface area (Å²) in [5.74, 6) is -0.0165. The first kappa shape index (κ1) is 16.4. The number of ether oxygens (including phenoxy) is 1. The zero-order valence-corrected chi connectivity index (χ0v) is 13.9. The molecule has 1 aromatic heterocycles. The number of rotatable bonds is 4. The maximum Gasteiger partial charge on any atom is 0.141 e. The predicted molar refractivity (Wildman–Crippen MR) is 82.6 cm³/mol. The van der Waals surface area contributed by atoms with E-state index < -0.39 is 0 Å². The van der Waals surface area contributed by atoms with E-state index in [0.717, 1.165) is 12.1 Å². The molecule has 1 N–H and O–H groups in total. The van der Waals surface area contributed by atoms with Crippen LogP contribution in [0.3, 0.4) is 0 Å². The summed E-state index contributed by atoms with van der Waals surface area (Å²) in [5, 5.41) is 3.59. The third-order valence-electron chi connectivity index (χ3n) is 4.13. The molecular weight excluding hydrogens is 267 g/mol. The molecule has 0 radical (unpaired) electrons. The van der Waals surface area contributed by atoms with Crippen LogP contribution in [0.1, 0.15) is 59.7 Å². The highest BCUT2D eigenvalue weighted by molar-refractivity contribution is 5.15. The van der Waals surface area contributed by atoms with Gasteiger partial charge in [-0.15, -0.1) is 0 Å². The van der Waals surface area contributed by atoms with Crippen molar-refractivity contribution in [3.8, 4) is 0 Å². The first-order valence-corrected chi connectivity index (χ1v) is 7.68. The van der Waals surface area contributed by atoms with Crippen LogP contribution in [0.2, 0.25) is 0 Å². The standard InChI is InChI=1S/C17H27FN2O/c1-11(2)20-15(14-8-7-12(18)10-19-14)13-9-16(3,4)21-17(13,5)6/h7-8,10-11,13,15,20H,9H2,1-6H3. The largest absolute Gasteiger partial charge is 0.369 e. The zero-order chi connectivity index (χ0) is 15.8. The fourth-order valence-electron chi connectivity index (χ4n) is 3.46. The van der Waals surface area contributed by atoms with Crippen LogP contribution in [0.25, 0.3) is 0 Å². The minimum Gasteiger partial charge on any atom is -0.369 e. The molecule has 118 valence electrons. The van der Waals surface area contributed by atoms with Gasteiger partial charge in [-0.3, -0.25) is 4.98 Å². The van der Waals surface area contributed by atoms with Crippen LogP contribution in [0.4, 0.5) is 4.39 Å². The van der Waals surface area contributed by atoms with Crippen molar-refractivity contribution in [2.24, 2.45) is 5.92 Å². The van der Waals surface area contributed by atoms with Gasteiger partial charge in [0.05, 0.1) is 29.1 Å². The molecule has 1 aliphatic heterocycles. The summed E-state index contributed by atoms with van der Waals surface area (Å²) in [5.41, 5.74) is 0.488. The van der Waals surface area contributed by atoms with E-state index in [1.165, 1.54) is 12.3 Å². The van der Waals surface area contributed by atoms with Gasteiger partial charge >= 0.3 is 0 Å². The Kier molecular flexibility index (Phi) is 4.41. The van der Waals surface area contributed by atoms with E-state index in [9.17, 15) is 4.39 Å². The van der Waals surface area contributed by atoms with Crippen LogP contribution in [0, 0.1) is 11.7 Å². The quantitative estimate of drug-likeness (QED) is 0.915. The van der Waals surface area contributed by atoms with Crippen molar-refractivity contribution >= 4 is 0 Å². The van der Waals surface area contributed by atoms with Crippen molar-refractivity contribution in [3.63, 3.8) is 0 Å². The molecule has 1 aromatic rings. The topological polar surface area (TPSA) is 34.2 Å². The van der Waals surface area contributed by atoms with Crippen molar-refractivity contribution in [2.45, 2.75) is 71.2 Å². The Balaban J connectivity index is 2.34.